The van der Waals surface area contributed by atoms with Crippen molar-refractivity contribution in [2.45, 2.75) is 39.7 Å². The van der Waals surface area contributed by atoms with Crippen molar-refractivity contribution in [1.82, 2.24) is 5.32 Å². The molecule has 0 heterocycles. The molecule has 0 saturated carbocycles. The summed E-state index contributed by atoms with van der Waals surface area (Å²) in [6.45, 7) is 6.70. The van der Waals surface area contributed by atoms with E-state index in [-0.39, 0.29) is 0 Å². The minimum Gasteiger partial charge on any atom is -0.313 e. The van der Waals surface area contributed by atoms with Gasteiger partial charge in [0.15, 0.2) is 0 Å². The standard InChI is InChI=1S/C14H23N/c1-5-6-12(3)14(15-4)13-9-7-11(2)8-10-13/h7-10,12,14-15H,5-6H2,1-4H3. The highest BCUT2D eigenvalue weighted by Crippen LogP contribution is 2.25. The molecule has 0 radical (unpaired) electrons. The lowest BCUT2D eigenvalue weighted by Crippen LogP contribution is -2.23. The molecule has 0 aliphatic carbocycles. The SMILES string of the molecule is CCCC(C)C(NC)c1ccc(C)cc1. The largest absolute Gasteiger partial charge is 0.313 e. The highest BCUT2D eigenvalue weighted by Gasteiger charge is 2.15. The first-order valence-electron chi connectivity index (χ1n) is 5.92. The Morgan fingerprint density at radius 1 is 1.20 bits per heavy atom. The van der Waals surface area contributed by atoms with Crippen molar-refractivity contribution in [1.29, 1.82) is 0 Å². The summed E-state index contributed by atoms with van der Waals surface area (Å²) >= 11 is 0. The molecular formula is C14H23N. The van der Waals surface area contributed by atoms with Crippen molar-refractivity contribution in [3.05, 3.63) is 35.4 Å². The van der Waals surface area contributed by atoms with E-state index in [9.17, 15) is 0 Å². The van der Waals surface area contributed by atoms with E-state index in [1.807, 2.05) is 0 Å². The maximum atomic E-state index is 3.42. The van der Waals surface area contributed by atoms with Gasteiger partial charge in [0.1, 0.15) is 0 Å². The molecule has 0 bridgehead atoms. The van der Waals surface area contributed by atoms with Crippen LogP contribution in [0.5, 0.6) is 0 Å². The highest BCUT2D eigenvalue weighted by molar-refractivity contribution is 5.24. The number of rotatable bonds is 5. The van der Waals surface area contributed by atoms with E-state index in [0.29, 0.717) is 12.0 Å². The van der Waals surface area contributed by atoms with Crippen LogP contribution in [0, 0.1) is 12.8 Å². The topological polar surface area (TPSA) is 12.0 Å². The van der Waals surface area contributed by atoms with Gasteiger partial charge in [-0.05, 0) is 31.9 Å². The summed E-state index contributed by atoms with van der Waals surface area (Å²) in [5, 5.41) is 3.42. The molecule has 2 atom stereocenters. The molecule has 1 rings (SSSR count). The average molecular weight is 205 g/mol. The summed E-state index contributed by atoms with van der Waals surface area (Å²) in [7, 11) is 2.05. The second kappa shape index (κ2) is 5.92. The zero-order valence-corrected chi connectivity index (χ0v) is 10.4. The van der Waals surface area contributed by atoms with Gasteiger partial charge in [-0.15, -0.1) is 0 Å². The summed E-state index contributed by atoms with van der Waals surface area (Å²) in [5.41, 5.74) is 2.74. The Kier molecular flexibility index (Phi) is 4.83. The molecule has 15 heavy (non-hydrogen) atoms. The molecule has 0 aromatic heterocycles. The van der Waals surface area contributed by atoms with E-state index >= 15 is 0 Å². The van der Waals surface area contributed by atoms with Crippen LogP contribution < -0.4 is 5.32 Å². The number of benzene rings is 1. The van der Waals surface area contributed by atoms with Crippen molar-refractivity contribution in [2.24, 2.45) is 5.92 Å². The van der Waals surface area contributed by atoms with E-state index < -0.39 is 0 Å². The second-order valence-corrected chi connectivity index (χ2v) is 4.44. The zero-order valence-electron chi connectivity index (χ0n) is 10.4. The molecule has 1 nitrogen and oxygen atoms in total. The summed E-state index contributed by atoms with van der Waals surface area (Å²) in [5.74, 6) is 0.697. The van der Waals surface area contributed by atoms with Crippen LogP contribution in [0.3, 0.4) is 0 Å². The molecular weight excluding hydrogens is 182 g/mol. The van der Waals surface area contributed by atoms with Gasteiger partial charge in [0.05, 0.1) is 0 Å². The van der Waals surface area contributed by atoms with Gasteiger partial charge in [-0.3, -0.25) is 0 Å². The first-order valence-corrected chi connectivity index (χ1v) is 5.92. The highest BCUT2D eigenvalue weighted by atomic mass is 14.9. The third-order valence-corrected chi connectivity index (χ3v) is 3.06. The van der Waals surface area contributed by atoms with Crippen LogP contribution in [0.4, 0.5) is 0 Å². The minimum atomic E-state index is 0.491. The van der Waals surface area contributed by atoms with Crippen molar-refractivity contribution >= 4 is 0 Å². The Morgan fingerprint density at radius 2 is 1.80 bits per heavy atom. The van der Waals surface area contributed by atoms with E-state index in [1.54, 1.807) is 0 Å². The molecule has 2 unspecified atom stereocenters. The van der Waals surface area contributed by atoms with Crippen molar-refractivity contribution in [2.75, 3.05) is 7.05 Å². The van der Waals surface area contributed by atoms with Gasteiger partial charge in [-0.25, -0.2) is 0 Å². The van der Waals surface area contributed by atoms with Gasteiger partial charge in [0.25, 0.3) is 0 Å². The molecule has 0 aliphatic rings. The number of nitrogens with one attached hydrogen (secondary N) is 1. The Morgan fingerprint density at radius 3 is 2.27 bits per heavy atom. The maximum absolute atomic E-state index is 3.42. The van der Waals surface area contributed by atoms with Crippen LogP contribution >= 0.6 is 0 Å². The maximum Gasteiger partial charge on any atom is 0.0343 e. The van der Waals surface area contributed by atoms with Crippen molar-refractivity contribution in [3.63, 3.8) is 0 Å². The molecule has 0 saturated heterocycles. The van der Waals surface area contributed by atoms with Gasteiger partial charge in [-0.1, -0.05) is 50.1 Å². The first kappa shape index (κ1) is 12.3. The predicted molar refractivity (Wildman–Crippen MR) is 67.1 cm³/mol. The number of hydrogen-bond acceptors (Lipinski definition) is 1. The predicted octanol–water partition coefficient (Wildman–Crippen LogP) is 3.69. The van der Waals surface area contributed by atoms with Gasteiger partial charge in [0.2, 0.25) is 0 Å². The number of aryl methyl sites for hydroxylation is 1. The Labute approximate surface area is 93.9 Å². The summed E-state index contributed by atoms with van der Waals surface area (Å²) in [6.07, 6.45) is 2.53. The molecule has 1 aromatic rings. The fraction of sp³-hybridized carbons (Fsp3) is 0.571. The first-order chi connectivity index (χ1) is 7.19. The molecule has 0 spiro atoms. The van der Waals surface area contributed by atoms with Gasteiger partial charge < -0.3 is 5.32 Å². The van der Waals surface area contributed by atoms with Crippen LogP contribution in [-0.2, 0) is 0 Å². The fourth-order valence-corrected chi connectivity index (χ4v) is 2.18. The van der Waals surface area contributed by atoms with Crippen molar-refractivity contribution < 1.29 is 0 Å². The smallest absolute Gasteiger partial charge is 0.0343 e. The Hall–Kier alpha value is -0.820. The molecule has 0 fully saturated rings. The summed E-state index contributed by atoms with van der Waals surface area (Å²) in [6, 6.07) is 9.35. The van der Waals surface area contributed by atoms with Gasteiger partial charge >= 0.3 is 0 Å². The van der Waals surface area contributed by atoms with Crippen LogP contribution in [0.15, 0.2) is 24.3 Å². The summed E-state index contributed by atoms with van der Waals surface area (Å²) < 4.78 is 0. The lowest BCUT2D eigenvalue weighted by atomic mass is 9.91. The van der Waals surface area contributed by atoms with E-state index in [2.05, 4.69) is 57.4 Å². The van der Waals surface area contributed by atoms with Gasteiger partial charge in [-0.2, -0.15) is 0 Å². The van der Waals surface area contributed by atoms with Crippen LogP contribution in [0.25, 0.3) is 0 Å². The fourth-order valence-electron chi connectivity index (χ4n) is 2.18. The minimum absolute atomic E-state index is 0.491. The Bertz CT molecular complexity index is 276. The van der Waals surface area contributed by atoms with Crippen molar-refractivity contribution in [3.8, 4) is 0 Å². The van der Waals surface area contributed by atoms with Crippen LogP contribution in [0.1, 0.15) is 43.9 Å². The van der Waals surface area contributed by atoms with Crippen LogP contribution in [-0.4, -0.2) is 7.05 Å². The molecule has 1 aromatic carbocycles. The number of hydrogen-bond donors (Lipinski definition) is 1. The normalized spacial score (nSPS) is 14.9. The van der Waals surface area contributed by atoms with Gasteiger partial charge in [0, 0.05) is 6.04 Å². The molecule has 0 aliphatic heterocycles. The van der Waals surface area contributed by atoms with E-state index in [0.717, 1.165) is 0 Å². The quantitative estimate of drug-likeness (QED) is 0.773. The molecule has 1 N–H and O–H groups in total. The third kappa shape index (κ3) is 3.35. The van der Waals surface area contributed by atoms with E-state index in [1.165, 1.54) is 24.0 Å². The molecule has 84 valence electrons. The zero-order chi connectivity index (χ0) is 11.3. The average Bonchev–Trinajstić information content (AvgIpc) is 2.22. The monoisotopic (exact) mass is 205 g/mol. The Balaban J connectivity index is 2.77. The molecule has 0 amide bonds. The molecule has 1 heteroatoms. The second-order valence-electron chi connectivity index (χ2n) is 4.44. The van der Waals surface area contributed by atoms with Crippen LogP contribution in [0.2, 0.25) is 0 Å². The van der Waals surface area contributed by atoms with E-state index in [4.69, 9.17) is 0 Å². The third-order valence-electron chi connectivity index (χ3n) is 3.06. The summed E-state index contributed by atoms with van der Waals surface area (Å²) in [4.78, 5) is 0. The lowest BCUT2D eigenvalue weighted by molar-refractivity contribution is 0.384. The lowest BCUT2D eigenvalue weighted by Gasteiger charge is -2.23.